The molecule has 0 fully saturated rings. The summed E-state index contributed by atoms with van der Waals surface area (Å²) in [5.74, 6) is -0.739. The van der Waals surface area contributed by atoms with E-state index in [2.05, 4.69) is 5.32 Å². The highest BCUT2D eigenvalue weighted by Gasteiger charge is 2.30. The second-order valence-electron chi connectivity index (χ2n) is 6.29. The number of para-hydroxylation sites is 2. The number of anilines is 2. The monoisotopic (exact) mass is 402 g/mol. The lowest BCUT2D eigenvalue weighted by Gasteiger charge is -2.19. The van der Waals surface area contributed by atoms with Crippen LogP contribution in [0.5, 0.6) is 0 Å². The van der Waals surface area contributed by atoms with E-state index in [0.717, 1.165) is 12.1 Å². The van der Waals surface area contributed by atoms with E-state index < -0.39 is 17.6 Å². The number of furan rings is 1. The number of nitrogens with zero attached hydrogens (tertiary/aromatic N) is 1. The molecule has 0 saturated carbocycles. The standard InChI is InChI=1S/C21H17F3N2O3/c1-13(27)26(2)17-9-4-3-8-16(17)25-20(28)19-11-10-18(29-19)14-6-5-7-15(12-14)21(22,23)24/h3-12H,1-2H3,(H,25,28). The van der Waals surface area contributed by atoms with Gasteiger partial charge in [-0.05, 0) is 36.4 Å². The van der Waals surface area contributed by atoms with Crippen LogP contribution in [0.15, 0.2) is 65.1 Å². The average molecular weight is 402 g/mol. The Morgan fingerprint density at radius 2 is 1.72 bits per heavy atom. The zero-order chi connectivity index (χ0) is 21.2. The highest BCUT2D eigenvalue weighted by molar-refractivity contribution is 6.06. The molecule has 2 amide bonds. The molecular formula is C21H17F3N2O3. The number of amides is 2. The number of carbonyl (C=O) groups is 2. The number of alkyl halides is 3. The van der Waals surface area contributed by atoms with Gasteiger partial charge in [0.25, 0.3) is 5.91 Å². The van der Waals surface area contributed by atoms with Gasteiger partial charge in [0.1, 0.15) is 5.76 Å². The molecule has 2 aromatic carbocycles. The number of rotatable bonds is 4. The van der Waals surface area contributed by atoms with Gasteiger partial charge < -0.3 is 14.6 Å². The Bertz CT molecular complexity index is 1060. The van der Waals surface area contributed by atoms with Gasteiger partial charge in [0.05, 0.1) is 16.9 Å². The normalized spacial score (nSPS) is 11.2. The maximum absolute atomic E-state index is 12.9. The Kier molecular flexibility index (Phi) is 5.45. The first kappa shape index (κ1) is 20.2. The number of nitrogens with one attached hydrogen (secondary N) is 1. The zero-order valence-electron chi connectivity index (χ0n) is 15.6. The van der Waals surface area contributed by atoms with Crippen LogP contribution in [0.4, 0.5) is 24.5 Å². The summed E-state index contributed by atoms with van der Waals surface area (Å²) in [6, 6.07) is 14.2. The van der Waals surface area contributed by atoms with Crippen molar-refractivity contribution < 1.29 is 27.2 Å². The van der Waals surface area contributed by atoms with Crippen molar-refractivity contribution in [1.82, 2.24) is 0 Å². The van der Waals surface area contributed by atoms with Gasteiger partial charge in [-0.3, -0.25) is 9.59 Å². The molecule has 0 bridgehead atoms. The van der Waals surface area contributed by atoms with Crippen molar-refractivity contribution in [2.75, 3.05) is 17.3 Å². The molecule has 0 spiro atoms. The highest BCUT2D eigenvalue weighted by Crippen LogP contribution is 2.33. The molecule has 0 atom stereocenters. The van der Waals surface area contributed by atoms with Crippen LogP contribution in [0.1, 0.15) is 23.0 Å². The lowest BCUT2D eigenvalue weighted by Crippen LogP contribution is -2.24. The van der Waals surface area contributed by atoms with Crippen LogP contribution < -0.4 is 10.2 Å². The number of halogens is 3. The summed E-state index contributed by atoms with van der Waals surface area (Å²) in [7, 11) is 1.58. The van der Waals surface area contributed by atoms with Gasteiger partial charge in [-0.25, -0.2) is 0 Å². The molecule has 1 aromatic heterocycles. The van der Waals surface area contributed by atoms with E-state index >= 15 is 0 Å². The van der Waals surface area contributed by atoms with Crippen molar-refractivity contribution in [1.29, 1.82) is 0 Å². The molecule has 0 aliphatic heterocycles. The van der Waals surface area contributed by atoms with Crippen molar-refractivity contribution in [3.63, 3.8) is 0 Å². The Labute approximate surface area is 164 Å². The van der Waals surface area contributed by atoms with Crippen LogP contribution in [0.3, 0.4) is 0 Å². The quantitative estimate of drug-likeness (QED) is 0.652. The largest absolute Gasteiger partial charge is 0.451 e. The third-order valence-corrected chi connectivity index (χ3v) is 4.29. The Balaban J connectivity index is 1.84. The van der Waals surface area contributed by atoms with E-state index in [1.807, 2.05) is 0 Å². The minimum absolute atomic E-state index is 0.0716. The number of hydrogen-bond acceptors (Lipinski definition) is 3. The summed E-state index contributed by atoms with van der Waals surface area (Å²) in [4.78, 5) is 25.5. The van der Waals surface area contributed by atoms with E-state index in [-0.39, 0.29) is 23.0 Å². The minimum Gasteiger partial charge on any atom is -0.451 e. The molecular weight excluding hydrogens is 385 g/mol. The van der Waals surface area contributed by atoms with Crippen molar-refractivity contribution in [3.8, 4) is 11.3 Å². The molecule has 29 heavy (non-hydrogen) atoms. The fourth-order valence-corrected chi connectivity index (χ4v) is 2.69. The summed E-state index contributed by atoms with van der Waals surface area (Å²) in [6.07, 6.45) is -4.48. The van der Waals surface area contributed by atoms with Crippen molar-refractivity contribution in [3.05, 3.63) is 72.0 Å². The van der Waals surface area contributed by atoms with E-state index in [0.29, 0.717) is 11.4 Å². The Morgan fingerprint density at radius 3 is 2.41 bits per heavy atom. The second kappa shape index (κ2) is 7.83. The number of hydrogen-bond donors (Lipinski definition) is 1. The molecule has 0 aliphatic carbocycles. The third kappa shape index (κ3) is 4.48. The summed E-state index contributed by atoms with van der Waals surface area (Å²) < 4.78 is 44.1. The predicted molar refractivity (Wildman–Crippen MR) is 103 cm³/mol. The highest BCUT2D eigenvalue weighted by atomic mass is 19.4. The number of carbonyl (C=O) groups excluding carboxylic acids is 2. The van der Waals surface area contributed by atoms with Crippen LogP contribution in [0.2, 0.25) is 0 Å². The van der Waals surface area contributed by atoms with Crippen LogP contribution in [-0.2, 0) is 11.0 Å². The minimum atomic E-state index is -4.48. The smallest absolute Gasteiger partial charge is 0.416 e. The molecule has 1 heterocycles. The molecule has 1 N–H and O–H groups in total. The van der Waals surface area contributed by atoms with Crippen molar-refractivity contribution >= 4 is 23.2 Å². The van der Waals surface area contributed by atoms with Gasteiger partial charge in [0.2, 0.25) is 5.91 Å². The molecule has 0 unspecified atom stereocenters. The summed E-state index contributed by atoms with van der Waals surface area (Å²) in [6.45, 7) is 1.40. The fraction of sp³-hybridized carbons (Fsp3) is 0.143. The molecule has 150 valence electrons. The van der Waals surface area contributed by atoms with Crippen LogP contribution in [0.25, 0.3) is 11.3 Å². The van der Waals surface area contributed by atoms with E-state index in [1.165, 1.54) is 36.1 Å². The van der Waals surface area contributed by atoms with Gasteiger partial charge in [-0.15, -0.1) is 0 Å². The van der Waals surface area contributed by atoms with E-state index in [4.69, 9.17) is 4.42 Å². The van der Waals surface area contributed by atoms with Crippen LogP contribution in [-0.4, -0.2) is 18.9 Å². The summed E-state index contributed by atoms with van der Waals surface area (Å²) in [5.41, 5.74) is 0.291. The van der Waals surface area contributed by atoms with Gasteiger partial charge in [-0.1, -0.05) is 24.3 Å². The first-order valence-electron chi connectivity index (χ1n) is 8.59. The van der Waals surface area contributed by atoms with Crippen LogP contribution in [0, 0.1) is 0 Å². The molecule has 0 radical (unpaired) electrons. The first-order chi connectivity index (χ1) is 13.7. The second-order valence-corrected chi connectivity index (χ2v) is 6.29. The zero-order valence-corrected chi connectivity index (χ0v) is 15.6. The average Bonchev–Trinajstić information content (AvgIpc) is 3.17. The van der Waals surface area contributed by atoms with E-state index in [1.54, 1.807) is 31.3 Å². The van der Waals surface area contributed by atoms with Gasteiger partial charge >= 0.3 is 6.18 Å². The maximum Gasteiger partial charge on any atom is 0.416 e. The third-order valence-electron chi connectivity index (χ3n) is 4.29. The topological polar surface area (TPSA) is 62.6 Å². The van der Waals surface area contributed by atoms with E-state index in [9.17, 15) is 22.8 Å². The molecule has 0 aliphatic rings. The SMILES string of the molecule is CC(=O)N(C)c1ccccc1NC(=O)c1ccc(-c2cccc(C(F)(F)F)c2)o1. The number of benzene rings is 2. The maximum atomic E-state index is 12.9. The first-order valence-corrected chi connectivity index (χ1v) is 8.59. The van der Waals surface area contributed by atoms with Crippen molar-refractivity contribution in [2.45, 2.75) is 13.1 Å². The lowest BCUT2D eigenvalue weighted by atomic mass is 10.1. The lowest BCUT2D eigenvalue weighted by molar-refractivity contribution is -0.137. The fourth-order valence-electron chi connectivity index (χ4n) is 2.69. The Hall–Kier alpha value is -3.55. The Morgan fingerprint density at radius 1 is 1.00 bits per heavy atom. The van der Waals surface area contributed by atoms with Crippen molar-refractivity contribution in [2.24, 2.45) is 0 Å². The van der Waals surface area contributed by atoms with Crippen LogP contribution >= 0.6 is 0 Å². The summed E-state index contributed by atoms with van der Waals surface area (Å²) in [5, 5.41) is 2.66. The molecule has 5 nitrogen and oxygen atoms in total. The molecule has 3 rings (SSSR count). The van der Waals surface area contributed by atoms with Gasteiger partial charge in [0, 0.05) is 19.5 Å². The van der Waals surface area contributed by atoms with Gasteiger partial charge in [-0.2, -0.15) is 13.2 Å². The molecule has 3 aromatic rings. The summed E-state index contributed by atoms with van der Waals surface area (Å²) >= 11 is 0. The molecule has 0 saturated heterocycles. The predicted octanol–water partition coefficient (Wildman–Crippen LogP) is 5.20. The molecule has 8 heteroatoms. The van der Waals surface area contributed by atoms with Gasteiger partial charge in [0.15, 0.2) is 5.76 Å².